The highest BCUT2D eigenvalue weighted by molar-refractivity contribution is 7.99. The molecule has 2 aliphatic rings. The van der Waals surface area contributed by atoms with E-state index in [1.54, 1.807) is 4.90 Å². The van der Waals surface area contributed by atoms with Crippen LogP contribution in [-0.2, 0) is 4.79 Å². The molecule has 18 heavy (non-hydrogen) atoms. The molecule has 0 saturated carbocycles. The van der Waals surface area contributed by atoms with Gasteiger partial charge in [0.1, 0.15) is 0 Å². The molecule has 102 valence electrons. The summed E-state index contributed by atoms with van der Waals surface area (Å²) in [6, 6.07) is 0.0310. The van der Waals surface area contributed by atoms with Crippen molar-refractivity contribution < 1.29 is 14.7 Å². The molecule has 0 bridgehead atoms. The molecule has 1 atom stereocenters. The van der Waals surface area contributed by atoms with E-state index in [4.69, 9.17) is 5.11 Å². The molecule has 0 spiro atoms. The minimum atomic E-state index is -0.779. The number of hydrogen-bond donors (Lipinski definition) is 1. The van der Waals surface area contributed by atoms with E-state index < -0.39 is 5.97 Å². The maximum Gasteiger partial charge on any atom is 0.320 e. The Morgan fingerprint density at radius 1 is 1.06 bits per heavy atom. The van der Waals surface area contributed by atoms with Crippen LogP contribution in [0, 0.1) is 5.92 Å². The SMILES string of the molecule is O=C(O)[C@@H]1CCCN(C(=O)N2CCCSCC2)C1. The zero-order valence-electron chi connectivity index (χ0n) is 10.5. The van der Waals surface area contributed by atoms with Gasteiger partial charge in [0.25, 0.3) is 0 Å². The lowest BCUT2D eigenvalue weighted by atomic mass is 9.99. The van der Waals surface area contributed by atoms with Crippen LogP contribution in [0.15, 0.2) is 0 Å². The summed E-state index contributed by atoms with van der Waals surface area (Å²) < 4.78 is 0. The number of amides is 2. The van der Waals surface area contributed by atoms with Crippen molar-refractivity contribution in [1.29, 1.82) is 0 Å². The number of carboxylic acids is 1. The number of aliphatic carboxylic acids is 1. The molecule has 0 aromatic carbocycles. The Bertz CT molecular complexity index is 316. The Hall–Kier alpha value is -0.910. The van der Waals surface area contributed by atoms with Crippen molar-refractivity contribution >= 4 is 23.8 Å². The summed E-state index contributed by atoms with van der Waals surface area (Å²) in [4.78, 5) is 26.9. The van der Waals surface area contributed by atoms with Crippen LogP contribution in [0.3, 0.4) is 0 Å². The van der Waals surface area contributed by atoms with Gasteiger partial charge in [-0.3, -0.25) is 4.79 Å². The van der Waals surface area contributed by atoms with Crippen LogP contribution >= 0.6 is 11.8 Å². The zero-order chi connectivity index (χ0) is 13.0. The number of rotatable bonds is 1. The fourth-order valence-electron chi connectivity index (χ4n) is 2.49. The van der Waals surface area contributed by atoms with E-state index in [9.17, 15) is 9.59 Å². The second kappa shape index (κ2) is 6.31. The first-order valence-corrected chi connectivity index (χ1v) is 7.68. The topological polar surface area (TPSA) is 60.9 Å². The van der Waals surface area contributed by atoms with E-state index >= 15 is 0 Å². The van der Waals surface area contributed by atoms with E-state index in [-0.39, 0.29) is 11.9 Å². The second-order valence-electron chi connectivity index (χ2n) is 4.86. The quantitative estimate of drug-likeness (QED) is 0.782. The van der Waals surface area contributed by atoms with Gasteiger partial charge in [0.15, 0.2) is 0 Å². The van der Waals surface area contributed by atoms with Crippen LogP contribution in [0.5, 0.6) is 0 Å². The Kier molecular flexibility index (Phi) is 4.74. The second-order valence-corrected chi connectivity index (χ2v) is 6.08. The minimum Gasteiger partial charge on any atom is -0.481 e. The summed E-state index contributed by atoms with van der Waals surface area (Å²) in [6.45, 7) is 2.67. The van der Waals surface area contributed by atoms with Gasteiger partial charge in [-0.05, 0) is 25.0 Å². The molecule has 2 aliphatic heterocycles. The highest BCUT2D eigenvalue weighted by Gasteiger charge is 2.30. The molecule has 5 nitrogen and oxygen atoms in total. The monoisotopic (exact) mass is 272 g/mol. The van der Waals surface area contributed by atoms with Gasteiger partial charge in [0, 0.05) is 31.9 Å². The third-order valence-electron chi connectivity index (χ3n) is 3.53. The van der Waals surface area contributed by atoms with Crippen molar-refractivity contribution in [3.05, 3.63) is 0 Å². The third kappa shape index (κ3) is 3.31. The van der Waals surface area contributed by atoms with Gasteiger partial charge >= 0.3 is 12.0 Å². The highest BCUT2D eigenvalue weighted by Crippen LogP contribution is 2.19. The lowest BCUT2D eigenvalue weighted by Crippen LogP contribution is -2.49. The summed E-state index contributed by atoms with van der Waals surface area (Å²) in [6.07, 6.45) is 2.52. The molecule has 2 saturated heterocycles. The number of hydrogen-bond acceptors (Lipinski definition) is 3. The summed E-state index contributed by atoms with van der Waals surface area (Å²) >= 11 is 1.88. The Balaban J connectivity index is 1.92. The highest BCUT2D eigenvalue weighted by atomic mass is 32.2. The molecule has 6 heteroatoms. The first kappa shape index (κ1) is 13.5. The van der Waals surface area contributed by atoms with E-state index in [0.717, 1.165) is 37.4 Å². The fourth-order valence-corrected chi connectivity index (χ4v) is 3.38. The van der Waals surface area contributed by atoms with Gasteiger partial charge < -0.3 is 14.9 Å². The van der Waals surface area contributed by atoms with Gasteiger partial charge in [-0.25, -0.2) is 4.79 Å². The molecule has 2 fully saturated rings. The van der Waals surface area contributed by atoms with Crippen LogP contribution in [0.4, 0.5) is 4.79 Å². The maximum absolute atomic E-state index is 12.3. The molecule has 0 aromatic rings. The normalized spacial score (nSPS) is 25.7. The van der Waals surface area contributed by atoms with Crippen molar-refractivity contribution in [2.24, 2.45) is 5.92 Å². The van der Waals surface area contributed by atoms with Crippen LogP contribution in [0.2, 0.25) is 0 Å². The first-order valence-electron chi connectivity index (χ1n) is 6.53. The number of urea groups is 1. The summed E-state index contributed by atoms with van der Waals surface area (Å²) in [5, 5.41) is 9.04. The largest absolute Gasteiger partial charge is 0.481 e. The van der Waals surface area contributed by atoms with Gasteiger partial charge in [0.2, 0.25) is 0 Å². The molecule has 0 aromatic heterocycles. The van der Waals surface area contributed by atoms with Crippen molar-refractivity contribution in [1.82, 2.24) is 9.80 Å². The molecule has 1 N–H and O–H groups in total. The molecular formula is C12H20N2O3S. The van der Waals surface area contributed by atoms with E-state index in [1.165, 1.54) is 0 Å². The number of carbonyl (C=O) groups is 2. The Morgan fingerprint density at radius 2 is 1.83 bits per heavy atom. The Morgan fingerprint density at radius 3 is 2.61 bits per heavy atom. The smallest absolute Gasteiger partial charge is 0.320 e. The molecule has 2 rings (SSSR count). The predicted molar refractivity (Wildman–Crippen MR) is 70.8 cm³/mol. The summed E-state index contributed by atoms with van der Waals surface area (Å²) in [5.41, 5.74) is 0. The zero-order valence-corrected chi connectivity index (χ0v) is 11.3. The lowest BCUT2D eigenvalue weighted by Gasteiger charge is -2.34. The van der Waals surface area contributed by atoms with Crippen LogP contribution in [0.1, 0.15) is 19.3 Å². The lowest BCUT2D eigenvalue weighted by molar-refractivity contribution is -0.143. The number of carboxylic acid groups (broad SMARTS) is 1. The van der Waals surface area contributed by atoms with Crippen LogP contribution in [0.25, 0.3) is 0 Å². The van der Waals surface area contributed by atoms with Crippen molar-refractivity contribution in [3.63, 3.8) is 0 Å². The van der Waals surface area contributed by atoms with Crippen molar-refractivity contribution in [2.45, 2.75) is 19.3 Å². The van der Waals surface area contributed by atoms with Crippen LogP contribution < -0.4 is 0 Å². The predicted octanol–water partition coefficient (Wildman–Crippen LogP) is 1.34. The van der Waals surface area contributed by atoms with Gasteiger partial charge in [-0.2, -0.15) is 11.8 Å². The molecule has 0 aliphatic carbocycles. The number of likely N-dealkylation sites (tertiary alicyclic amines) is 1. The van der Waals surface area contributed by atoms with Crippen molar-refractivity contribution in [2.75, 3.05) is 37.7 Å². The average molecular weight is 272 g/mol. The van der Waals surface area contributed by atoms with Crippen molar-refractivity contribution in [3.8, 4) is 0 Å². The minimum absolute atomic E-state index is 0.0310. The number of carbonyl (C=O) groups excluding carboxylic acids is 1. The number of piperidine rings is 1. The Labute approximate surface area is 112 Å². The molecule has 0 radical (unpaired) electrons. The molecule has 2 amide bonds. The number of thioether (sulfide) groups is 1. The third-order valence-corrected chi connectivity index (χ3v) is 4.58. The average Bonchev–Trinajstić information content (AvgIpc) is 2.67. The standard InChI is InChI=1S/C12H20N2O3S/c15-11(16)10-3-1-4-14(9-10)12(17)13-5-2-7-18-8-6-13/h10H,1-9H2,(H,15,16)/t10-/m1/s1. The van der Waals surface area contributed by atoms with Gasteiger partial charge in [0.05, 0.1) is 5.92 Å². The fraction of sp³-hybridized carbons (Fsp3) is 0.833. The maximum atomic E-state index is 12.3. The summed E-state index contributed by atoms with van der Waals surface area (Å²) in [5.74, 6) is 0.937. The first-order chi connectivity index (χ1) is 8.68. The van der Waals surface area contributed by atoms with E-state index in [1.807, 2.05) is 16.7 Å². The van der Waals surface area contributed by atoms with E-state index in [2.05, 4.69) is 0 Å². The van der Waals surface area contributed by atoms with Gasteiger partial charge in [-0.1, -0.05) is 0 Å². The number of nitrogens with zero attached hydrogens (tertiary/aromatic N) is 2. The molecular weight excluding hydrogens is 252 g/mol. The molecule has 2 heterocycles. The molecule has 0 unspecified atom stereocenters. The van der Waals surface area contributed by atoms with E-state index in [0.29, 0.717) is 19.5 Å². The van der Waals surface area contributed by atoms with Crippen LogP contribution in [-0.4, -0.2) is 64.6 Å². The van der Waals surface area contributed by atoms with Gasteiger partial charge in [-0.15, -0.1) is 0 Å². The summed E-state index contributed by atoms with van der Waals surface area (Å²) in [7, 11) is 0.